The van der Waals surface area contributed by atoms with Crippen molar-refractivity contribution in [3.05, 3.63) is 46.5 Å². The summed E-state index contributed by atoms with van der Waals surface area (Å²) in [6.45, 7) is 5.15. The van der Waals surface area contributed by atoms with Crippen LogP contribution in [0.5, 0.6) is 0 Å². The Morgan fingerprint density at radius 1 is 1.25 bits per heavy atom. The van der Waals surface area contributed by atoms with Crippen LogP contribution in [0, 0.1) is 13.8 Å². The molecule has 0 saturated heterocycles. The van der Waals surface area contributed by atoms with E-state index in [9.17, 15) is 0 Å². The second-order valence-corrected chi connectivity index (χ2v) is 5.25. The Balaban J connectivity index is 2.13. The van der Waals surface area contributed by atoms with Gasteiger partial charge in [0.1, 0.15) is 0 Å². The van der Waals surface area contributed by atoms with E-state index in [1.165, 1.54) is 16.0 Å². The monoisotopic (exact) mass is 232 g/mol. The van der Waals surface area contributed by atoms with Crippen LogP contribution in [-0.4, -0.2) is 12.0 Å². The van der Waals surface area contributed by atoms with Gasteiger partial charge in [-0.15, -0.1) is 11.3 Å². The Bertz CT molecular complexity index is 476. The van der Waals surface area contributed by atoms with Crippen LogP contribution < -0.4 is 4.90 Å². The molecule has 0 aliphatic rings. The normalized spacial score (nSPS) is 10.4. The van der Waals surface area contributed by atoms with Crippen LogP contribution in [0.4, 0.5) is 5.13 Å². The topological polar surface area (TPSA) is 16.1 Å². The Labute approximate surface area is 101 Å². The number of anilines is 1. The van der Waals surface area contributed by atoms with E-state index in [2.05, 4.69) is 55.0 Å². The van der Waals surface area contributed by atoms with Gasteiger partial charge in [0.25, 0.3) is 0 Å². The van der Waals surface area contributed by atoms with Crippen molar-refractivity contribution in [3.63, 3.8) is 0 Å². The van der Waals surface area contributed by atoms with Gasteiger partial charge in [-0.05, 0) is 25.0 Å². The summed E-state index contributed by atoms with van der Waals surface area (Å²) in [7, 11) is 2.09. The summed E-state index contributed by atoms with van der Waals surface area (Å²) in [5, 5.41) is 1.08. The van der Waals surface area contributed by atoms with Gasteiger partial charge in [-0.2, -0.15) is 0 Å². The van der Waals surface area contributed by atoms with Crippen LogP contribution in [0.2, 0.25) is 0 Å². The Kier molecular flexibility index (Phi) is 3.25. The number of rotatable bonds is 3. The minimum absolute atomic E-state index is 0.916. The number of benzene rings is 1. The maximum Gasteiger partial charge on any atom is 0.185 e. The first-order valence-electron chi connectivity index (χ1n) is 5.35. The summed E-state index contributed by atoms with van der Waals surface area (Å²) in [6, 6.07) is 8.48. The van der Waals surface area contributed by atoms with Crippen LogP contribution in [0.15, 0.2) is 30.5 Å². The molecule has 0 saturated carbocycles. The molecule has 0 atom stereocenters. The smallest absolute Gasteiger partial charge is 0.185 e. The van der Waals surface area contributed by atoms with Gasteiger partial charge in [0.2, 0.25) is 0 Å². The Morgan fingerprint density at radius 2 is 2.00 bits per heavy atom. The summed E-state index contributed by atoms with van der Waals surface area (Å²) in [4.78, 5) is 7.84. The van der Waals surface area contributed by atoms with E-state index in [1.54, 1.807) is 11.3 Å². The molecule has 3 heteroatoms. The lowest BCUT2D eigenvalue weighted by Crippen LogP contribution is -2.16. The highest BCUT2D eigenvalue weighted by Crippen LogP contribution is 2.22. The molecule has 2 aromatic rings. The molecule has 1 heterocycles. The van der Waals surface area contributed by atoms with E-state index in [0.29, 0.717) is 0 Å². The molecule has 2 nitrogen and oxygen atoms in total. The van der Waals surface area contributed by atoms with Crippen LogP contribution >= 0.6 is 11.3 Å². The lowest BCUT2D eigenvalue weighted by molar-refractivity contribution is 0.906. The average molecular weight is 232 g/mol. The van der Waals surface area contributed by atoms with Crippen molar-refractivity contribution in [1.29, 1.82) is 0 Å². The van der Waals surface area contributed by atoms with Crippen LogP contribution in [0.3, 0.4) is 0 Å². The highest BCUT2D eigenvalue weighted by atomic mass is 32.1. The fraction of sp³-hybridized carbons (Fsp3) is 0.308. The second kappa shape index (κ2) is 4.66. The molecule has 0 spiro atoms. The molecule has 0 amide bonds. The van der Waals surface area contributed by atoms with Gasteiger partial charge in [0, 0.05) is 24.7 Å². The zero-order valence-corrected chi connectivity index (χ0v) is 10.7. The van der Waals surface area contributed by atoms with E-state index in [0.717, 1.165) is 11.7 Å². The van der Waals surface area contributed by atoms with Gasteiger partial charge in [0.05, 0.1) is 0 Å². The molecular weight excluding hydrogens is 216 g/mol. The molecule has 16 heavy (non-hydrogen) atoms. The molecule has 1 aromatic heterocycles. The third-order valence-electron chi connectivity index (χ3n) is 2.60. The van der Waals surface area contributed by atoms with Gasteiger partial charge in [0.15, 0.2) is 5.13 Å². The molecule has 0 fully saturated rings. The van der Waals surface area contributed by atoms with Gasteiger partial charge in [-0.25, -0.2) is 4.98 Å². The van der Waals surface area contributed by atoms with Crippen molar-refractivity contribution >= 4 is 16.5 Å². The van der Waals surface area contributed by atoms with Crippen molar-refractivity contribution in [2.75, 3.05) is 11.9 Å². The standard InChI is InChI=1S/C13H16N2S/c1-10-6-4-5-7-12(10)9-15(3)13-14-8-11(2)16-13/h4-8H,9H2,1-3H3. The van der Waals surface area contributed by atoms with E-state index < -0.39 is 0 Å². The summed E-state index contributed by atoms with van der Waals surface area (Å²) in [6.07, 6.45) is 1.92. The number of thiazole rings is 1. The maximum atomic E-state index is 4.39. The molecule has 0 aliphatic heterocycles. The number of hydrogen-bond donors (Lipinski definition) is 0. The van der Waals surface area contributed by atoms with Crippen LogP contribution in [0.1, 0.15) is 16.0 Å². The first kappa shape index (κ1) is 11.1. The number of aromatic nitrogens is 1. The highest BCUT2D eigenvalue weighted by Gasteiger charge is 2.06. The zero-order chi connectivity index (χ0) is 11.5. The van der Waals surface area contributed by atoms with Crippen molar-refractivity contribution < 1.29 is 0 Å². The molecule has 0 N–H and O–H groups in total. The Hall–Kier alpha value is -1.35. The van der Waals surface area contributed by atoms with E-state index in [-0.39, 0.29) is 0 Å². The predicted molar refractivity (Wildman–Crippen MR) is 70.1 cm³/mol. The quantitative estimate of drug-likeness (QED) is 0.806. The molecule has 1 aromatic carbocycles. The van der Waals surface area contributed by atoms with Gasteiger partial charge in [-0.3, -0.25) is 0 Å². The van der Waals surface area contributed by atoms with Crippen molar-refractivity contribution in [2.45, 2.75) is 20.4 Å². The average Bonchev–Trinajstić information content (AvgIpc) is 2.68. The molecular formula is C13H16N2S. The fourth-order valence-electron chi connectivity index (χ4n) is 1.63. The zero-order valence-electron chi connectivity index (χ0n) is 9.90. The second-order valence-electron chi connectivity index (χ2n) is 4.04. The first-order chi connectivity index (χ1) is 7.66. The minimum atomic E-state index is 0.916. The molecule has 2 rings (SSSR count). The highest BCUT2D eigenvalue weighted by molar-refractivity contribution is 7.15. The van der Waals surface area contributed by atoms with Gasteiger partial charge < -0.3 is 4.90 Å². The lowest BCUT2D eigenvalue weighted by atomic mass is 10.1. The minimum Gasteiger partial charge on any atom is -0.347 e. The van der Waals surface area contributed by atoms with Crippen molar-refractivity contribution in [2.24, 2.45) is 0 Å². The third-order valence-corrected chi connectivity index (χ3v) is 3.63. The molecule has 0 bridgehead atoms. The maximum absolute atomic E-state index is 4.39. The van der Waals surface area contributed by atoms with Crippen LogP contribution in [0.25, 0.3) is 0 Å². The Morgan fingerprint density at radius 3 is 2.62 bits per heavy atom. The number of hydrogen-bond acceptors (Lipinski definition) is 3. The fourth-order valence-corrected chi connectivity index (χ4v) is 2.35. The summed E-state index contributed by atoms with van der Waals surface area (Å²) < 4.78 is 0. The molecule has 0 aliphatic carbocycles. The van der Waals surface area contributed by atoms with Gasteiger partial charge in [-0.1, -0.05) is 24.3 Å². The molecule has 0 unspecified atom stereocenters. The summed E-state index contributed by atoms with van der Waals surface area (Å²) in [5.41, 5.74) is 2.69. The predicted octanol–water partition coefficient (Wildman–Crippen LogP) is 3.40. The first-order valence-corrected chi connectivity index (χ1v) is 6.16. The van der Waals surface area contributed by atoms with Gasteiger partial charge >= 0.3 is 0 Å². The van der Waals surface area contributed by atoms with Crippen LogP contribution in [-0.2, 0) is 6.54 Å². The summed E-state index contributed by atoms with van der Waals surface area (Å²) >= 11 is 1.74. The largest absolute Gasteiger partial charge is 0.347 e. The number of nitrogens with zero attached hydrogens (tertiary/aromatic N) is 2. The summed E-state index contributed by atoms with van der Waals surface area (Å²) in [5.74, 6) is 0. The SMILES string of the molecule is Cc1cnc(N(C)Cc2ccccc2C)s1. The van der Waals surface area contributed by atoms with E-state index in [1.807, 2.05) is 6.20 Å². The van der Waals surface area contributed by atoms with E-state index in [4.69, 9.17) is 0 Å². The van der Waals surface area contributed by atoms with Crippen molar-refractivity contribution in [3.8, 4) is 0 Å². The molecule has 84 valence electrons. The van der Waals surface area contributed by atoms with E-state index >= 15 is 0 Å². The lowest BCUT2D eigenvalue weighted by Gasteiger charge is -2.17. The molecule has 0 radical (unpaired) electrons. The number of aryl methyl sites for hydroxylation is 2. The third kappa shape index (κ3) is 2.42. The van der Waals surface area contributed by atoms with Crippen molar-refractivity contribution in [1.82, 2.24) is 4.98 Å².